The third-order valence-electron chi connectivity index (χ3n) is 8.07. The lowest BCUT2D eigenvalue weighted by atomic mass is 10.0. The van der Waals surface area contributed by atoms with Gasteiger partial charge in [-0.3, -0.25) is 19.2 Å². The summed E-state index contributed by atoms with van der Waals surface area (Å²) in [5.74, 6) is -3.79. The molecule has 0 aliphatic carbocycles. The number of aliphatic hydroxyl groups is 1. The molecule has 14 nitrogen and oxygen atoms in total. The fourth-order valence-corrected chi connectivity index (χ4v) is 5.61. The van der Waals surface area contributed by atoms with Crippen molar-refractivity contribution < 1.29 is 42.9 Å². The monoisotopic (exact) mass is 667 g/mol. The molecule has 0 saturated carbocycles. The Labute approximate surface area is 274 Å². The van der Waals surface area contributed by atoms with Crippen LogP contribution >= 0.6 is 0 Å². The summed E-state index contributed by atoms with van der Waals surface area (Å²) in [6, 6.07) is 8.59. The number of β-amino-alcohol motifs (C(OH)–C–C–N with tert-alkyl or cyclic N) is 1. The van der Waals surface area contributed by atoms with Crippen LogP contribution in [0, 0.1) is 29.9 Å². The van der Waals surface area contributed by atoms with Crippen LogP contribution in [0.15, 0.2) is 36.5 Å². The summed E-state index contributed by atoms with van der Waals surface area (Å²) in [6.45, 7) is 4.63. The maximum absolute atomic E-state index is 14.8. The number of nitrogens with zero attached hydrogens (tertiary/aromatic N) is 5. The highest BCUT2D eigenvalue weighted by Gasteiger charge is 2.39. The Bertz CT molecular complexity index is 1750. The molecule has 4 N–H and O–H groups in total. The highest BCUT2D eigenvalue weighted by molar-refractivity contribution is 6.03. The zero-order chi connectivity index (χ0) is 35.2. The summed E-state index contributed by atoms with van der Waals surface area (Å²) in [5, 5.41) is 31.5. The molecule has 0 spiro atoms. The molecule has 0 unspecified atom stereocenters. The lowest BCUT2D eigenvalue weighted by Gasteiger charge is -2.36. The molecule has 48 heavy (non-hydrogen) atoms. The van der Waals surface area contributed by atoms with Gasteiger partial charge in [-0.25, -0.2) is 9.37 Å². The van der Waals surface area contributed by atoms with E-state index in [9.17, 15) is 28.3 Å². The van der Waals surface area contributed by atoms with Crippen LogP contribution in [-0.4, -0.2) is 105 Å². The van der Waals surface area contributed by atoms with E-state index in [0.717, 1.165) is 0 Å². The predicted octanol–water partition coefficient (Wildman–Crippen LogP) is 1.93. The van der Waals surface area contributed by atoms with Crippen molar-refractivity contribution in [2.75, 3.05) is 44.6 Å². The largest absolute Gasteiger partial charge is 0.483 e. The summed E-state index contributed by atoms with van der Waals surface area (Å²) in [4.78, 5) is 55.1. The summed E-state index contributed by atoms with van der Waals surface area (Å²) in [6.07, 6.45) is 1.60. The molecular weight excluding hydrogens is 632 g/mol. The number of hydrogen-bond donors (Lipinski definition) is 4. The molecule has 2 fully saturated rings. The van der Waals surface area contributed by atoms with E-state index >= 15 is 0 Å². The van der Waals surface area contributed by atoms with Gasteiger partial charge in [0.15, 0.2) is 24.0 Å². The average molecular weight is 668 g/mol. The maximum Gasteiger partial charge on any atom is 0.291 e. The molecule has 0 bridgehead atoms. The van der Waals surface area contributed by atoms with Crippen molar-refractivity contribution in [3.63, 3.8) is 0 Å². The van der Waals surface area contributed by atoms with Crippen LogP contribution in [0.5, 0.6) is 5.75 Å². The van der Waals surface area contributed by atoms with E-state index in [1.807, 2.05) is 0 Å². The van der Waals surface area contributed by atoms with Gasteiger partial charge in [0.1, 0.15) is 6.07 Å². The molecule has 3 amide bonds. The van der Waals surface area contributed by atoms with Crippen LogP contribution in [0.25, 0.3) is 11.3 Å². The SMILES string of the molecule is Cc1cc(NC(=O)c2ncc(-c3ccc(OCC#N)c(F)c3F)n2C)ccc1C(=O)N1CCN(C(=O)[C@@H]2C[C@](C)(O)CN2)CC1.O=CO. The number of piperazine rings is 1. The summed E-state index contributed by atoms with van der Waals surface area (Å²) in [7, 11) is 1.49. The molecule has 16 heteroatoms. The van der Waals surface area contributed by atoms with Crippen molar-refractivity contribution in [1.82, 2.24) is 24.7 Å². The van der Waals surface area contributed by atoms with Crippen molar-refractivity contribution in [2.45, 2.75) is 31.9 Å². The molecule has 2 aliphatic heterocycles. The van der Waals surface area contributed by atoms with Crippen LogP contribution < -0.4 is 15.4 Å². The number of halogens is 2. The maximum atomic E-state index is 14.8. The number of carbonyl (C=O) groups is 4. The topological polar surface area (TPSA) is 190 Å². The second-order valence-corrected chi connectivity index (χ2v) is 11.6. The fourth-order valence-electron chi connectivity index (χ4n) is 5.61. The Balaban J connectivity index is 0.00000167. The minimum Gasteiger partial charge on any atom is -0.483 e. The lowest BCUT2D eigenvalue weighted by Crippen LogP contribution is -2.54. The average Bonchev–Trinajstić information content (AvgIpc) is 3.63. The predicted molar refractivity (Wildman–Crippen MR) is 167 cm³/mol. The standard InChI is InChI=1S/C31H33F2N7O5.CH2O2/c1-18-14-19(4-5-20(18)29(42)39-9-11-40(12-10-39)30(43)22-15-31(2,44)17-36-22)37-28(41)27-35-16-23(38(27)3)21-6-7-24(45-13-8-34)26(33)25(21)32;2-1-3/h4-7,14,16,22,36,44H,9-13,15,17H2,1-3H3,(H,37,41);1H,(H,2,3)/t22-,31-;/m0./s1. The Morgan fingerprint density at radius 3 is 2.44 bits per heavy atom. The number of amides is 3. The first kappa shape index (κ1) is 35.5. The van der Waals surface area contributed by atoms with Crippen molar-refractivity contribution in [3.8, 4) is 23.1 Å². The molecule has 1 aromatic heterocycles. The van der Waals surface area contributed by atoms with Gasteiger partial charge in [-0.1, -0.05) is 0 Å². The van der Waals surface area contributed by atoms with E-state index in [4.69, 9.17) is 19.9 Å². The van der Waals surface area contributed by atoms with E-state index in [0.29, 0.717) is 56.0 Å². The van der Waals surface area contributed by atoms with Crippen molar-refractivity contribution in [2.24, 2.45) is 7.05 Å². The van der Waals surface area contributed by atoms with Gasteiger partial charge in [-0.2, -0.15) is 9.65 Å². The van der Waals surface area contributed by atoms with Crippen LogP contribution in [-0.2, 0) is 16.6 Å². The molecule has 2 aliphatic rings. The normalized spacial score (nSPS) is 18.7. The minimum atomic E-state index is -1.26. The molecule has 3 aromatic rings. The number of ether oxygens (including phenoxy) is 1. The first-order valence-electron chi connectivity index (χ1n) is 14.8. The van der Waals surface area contributed by atoms with Gasteiger partial charge in [0, 0.05) is 63.0 Å². The smallest absolute Gasteiger partial charge is 0.291 e. The van der Waals surface area contributed by atoms with Crippen molar-refractivity contribution in [3.05, 3.63) is 65.1 Å². The third kappa shape index (κ3) is 7.76. The van der Waals surface area contributed by atoms with Crippen LogP contribution in [0.3, 0.4) is 0 Å². The van der Waals surface area contributed by atoms with E-state index in [1.165, 1.54) is 29.9 Å². The van der Waals surface area contributed by atoms with Crippen LogP contribution in [0.4, 0.5) is 14.5 Å². The highest BCUT2D eigenvalue weighted by Crippen LogP contribution is 2.30. The number of nitrogens with one attached hydrogen (secondary N) is 2. The second kappa shape index (κ2) is 15.0. The summed E-state index contributed by atoms with van der Waals surface area (Å²) >= 11 is 0. The Morgan fingerprint density at radius 1 is 1.17 bits per heavy atom. The molecule has 2 atom stereocenters. The first-order chi connectivity index (χ1) is 22.8. The number of carbonyl (C=O) groups excluding carboxylic acids is 3. The molecule has 254 valence electrons. The minimum absolute atomic E-state index is 0.0590. The number of anilines is 1. The van der Waals surface area contributed by atoms with Gasteiger partial charge in [-0.15, -0.1) is 0 Å². The third-order valence-corrected chi connectivity index (χ3v) is 8.07. The molecule has 5 rings (SSSR count). The zero-order valence-corrected chi connectivity index (χ0v) is 26.5. The Kier molecular flexibility index (Phi) is 11.1. The number of benzene rings is 2. The number of aryl methyl sites for hydroxylation is 1. The van der Waals surface area contributed by atoms with Gasteiger partial charge >= 0.3 is 0 Å². The molecule has 3 heterocycles. The summed E-state index contributed by atoms with van der Waals surface area (Å²) < 4.78 is 35.5. The lowest BCUT2D eigenvalue weighted by molar-refractivity contribution is -0.135. The number of carboxylic acid groups (broad SMARTS) is 1. The quantitative estimate of drug-likeness (QED) is 0.271. The van der Waals surface area contributed by atoms with Gasteiger partial charge < -0.3 is 40.0 Å². The van der Waals surface area contributed by atoms with E-state index in [1.54, 1.807) is 47.9 Å². The van der Waals surface area contributed by atoms with Crippen molar-refractivity contribution in [1.29, 1.82) is 5.26 Å². The number of rotatable bonds is 7. The molecule has 2 saturated heterocycles. The van der Waals surface area contributed by atoms with E-state index in [-0.39, 0.29) is 35.4 Å². The van der Waals surface area contributed by atoms with E-state index in [2.05, 4.69) is 15.6 Å². The second-order valence-electron chi connectivity index (χ2n) is 11.6. The van der Waals surface area contributed by atoms with Gasteiger partial charge in [0.05, 0.1) is 23.5 Å². The Hall–Kier alpha value is -5.40. The number of hydrogen-bond acceptors (Lipinski definition) is 9. The highest BCUT2D eigenvalue weighted by atomic mass is 19.2. The van der Waals surface area contributed by atoms with E-state index < -0.39 is 41.5 Å². The Morgan fingerprint density at radius 2 is 1.83 bits per heavy atom. The first-order valence-corrected chi connectivity index (χ1v) is 14.8. The zero-order valence-electron chi connectivity index (χ0n) is 26.5. The van der Waals surface area contributed by atoms with Crippen LogP contribution in [0.1, 0.15) is 39.9 Å². The molecular formula is C32H35F2N7O7. The molecule has 0 radical (unpaired) electrons. The summed E-state index contributed by atoms with van der Waals surface area (Å²) in [5.41, 5.74) is 0.591. The van der Waals surface area contributed by atoms with Gasteiger partial charge in [0.2, 0.25) is 11.7 Å². The number of imidazole rings is 1. The number of nitriles is 1. The van der Waals surface area contributed by atoms with Crippen LogP contribution in [0.2, 0.25) is 0 Å². The van der Waals surface area contributed by atoms with Crippen molar-refractivity contribution >= 4 is 29.9 Å². The van der Waals surface area contributed by atoms with Gasteiger partial charge in [-0.05, 0) is 49.7 Å². The fraction of sp³-hybridized carbons (Fsp3) is 0.375. The van der Waals surface area contributed by atoms with Gasteiger partial charge in [0.25, 0.3) is 18.3 Å². The molecule has 2 aromatic carbocycles. The number of aromatic nitrogens is 2.